The van der Waals surface area contributed by atoms with Crippen molar-refractivity contribution in [2.24, 2.45) is 97.2 Å². The number of Topliss-reactive ketones (excluding diaryl/α,β-unsaturated/α-hetero) is 4. The Bertz CT molecular complexity index is 4320. The minimum atomic E-state index is -2.98. The molecule has 4 bridgehead atoms. The Labute approximate surface area is 735 Å². The van der Waals surface area contributed by atoms with Gasteiger partial charge in [-0.2, -0.15) is 5.10 Å². The van der Waals surface area contributed by atoms with Crippen LogP contribution in [0.1, 0.15) is 230 Å². The number of halogens is 2. The van der Waals surface area contributed by atoms with Crippen LogP contribution in [0, 0.1) is 76.9 Å². The largest absolute Gasteiger partial charge is 0.459 e. The van der Waals surface area contributed by atoms with Crippen molar-refractivity contribution < 1.29 is 120 Å². The number of carbonyl (C=O) groups is 9. The first-order chi connectivity index (χ1) is 58.0. The van der Waals surface area contributed by atoms with Gasteiger partial charge in [0.25, 0.3) is 11.3 Å². The van der Waals surface area contributed by atoms with Crippen LogP contribution in [0.15, 0.2) is 87.4 Å². The number of rotatable bonds is 11. The molecule has 3 aromatic rings. The van der Waals surface area contributed by atoms with Gasteiger partial charge in [-0.15, -0.1) is 0 Å². The molecule has 4 N–H and O–H groups in total. The Morgan fingerprint density at radius 3 is 1.37 bits per heavy atom. The number of benzene rings is 1. The second-order valence-corrected chi connectivity index (χ2v) is 36.9. The Kier molecular flexibility index (Phi) is 36.9. The lowest BCUT2D eigenvalue weighted by Crippen LogP contribution is -2.59. The molecule has 2 aromatic heterocycles. The number of aromatic nitrogens is 3. The van der Waals surface area contributed by atoms with Crippen LogP contribution in [0.2, 0.25) is 0 Å². The van der Waals surface area contributed by atoms with E-state index in [0.717, 1.165) is 25.0 Å². The number of aliphatic hydroxyl groups is 4. The smallest absolute Gasteiger partial charge is 0.351 e. The first-order valence-corrected chi connectivity index (χ1v) is 43.6. The molecule has 32 heteroatoms. The van der Waals surface area contributed by atoms with E-state index in [9.17, 15) is 63.6 Å². The second kappa shape index (κ2) is 43.7. The lowest BCUT2D eigenvalue weighted by molar-refractivity contribution is -0.198. The lowest BCUT2D eigenvalue weighted by Gasteiger charge is -2.44. The molecule has 7 heterocycles. The minimum absolute atomic E-state index is 0.00439. The number of aliphatic imine (C=N–C) groups is 2. The maximum atomic E-state index is 16.1. The number of oxime groups is 2. The number of nitrogens with zero attached hydrogens (tertiary/aromatic N) is 7. The second-order valence-electron chi connectivity index (χ2n) is 36.9. The monoisotopic (exact) mass is 1760 g/mol. The number of pyridine rings is 1. The molecule has 8 rings (SSSR count). The Morgan fingerprint density at radius 2 is 0.952 bits per heavy atom. The third-order valence-electron chi connectivity index (χ3n) is 27.1. The SMILES string of the molecule is CC[C@H]1OC(=O)[C@@](C)(F)C(=O)[C@H](C)[C@@H](C)[C@@]2(C)C[C@@H](C)C(=NC(C)=O)[C@H](C)[C@@H](OC/C(=N\OCc3ccccc3)CO2)[C@]1(C)O.CC[C@H]1OC(=O)[C@@](C)(F)C(=O)[C@H](C)[C@@H](C)[C@](C)(OC)C[C@@H](C)C(=O)[C@H](C)[C@@H](O)[C@]1(C)O.CC[C@H]1OC(=O)[C@H](C)C(=O)[C@H](C)[C@@H](C)[C@@]2(C)C[C@@H](C)C(=NC(C)=O)[C@H](C)[C@@H](OC/C(=N\OCc3ccc(-n4cccn4)nc3)CO2)[C@]1(C)O. The highest BCUT2D eigenvalue weighted by molar-refractivity contribution is 6.09. The molecule has 0 saturated carbocycles. The van der Waals surface area contributed by atoms with Crippen LogP contribution in [0.5, 0.6) is 0 Å². The van der Waals surface area contributed by atoms with Gasteiger partial charge in [-0.25, -0.2) is 38.0 Å². The van der Waals surface area contributed by atoms with Crippen LogP contribution in [0.4, 0.5) is 8.78 Å². The standard InChI is InChI=1S/C36H51N5O8.C34H49FN2O8.C23H39FO7/c1-10-29-36(9,45)33-23(4)31(39-26(7)42)21(2)16-35(8,25(6)22(3)32(43)24(5)34(44)49-29)47-20-28(19-46-33)40-48-18-27-12-13-30(37-17-27)41-15-11-14-38-41;1-10-27-34(9,41)30-22(4)28(36-24(6)38)20(2)16-32(7,23(5)21(3)29(39)33(8,35)31(40)45-27)43-19-26(18-42-30)37-44-17-25-14-12-11-13-15-25;1-10-16-23(8,29)19(27)14(4)17(25)12(2)11-21(6,30-9)15(5)13(3)18(26)22(7,24)20(28)31-16/h11-15,17,21-25,29,33,45H,10,16,18-20H2,1-9H3;11-15,20-23,27,30,41H,10,16-19H2,1-9H3;12-16,19,27,29H,10-11H2,1-9H3/b39-31?,40-28+;36-28?,37-26+;/t21-,22-,23+,24-,25-,29-,33-,35-,36-;20-,21-,22+,23-,27-,30-,32-,33+,34-;12-,13-,14+,15-,16-,19-,21-,22+,23-/m111/s1. The summed E-state index contributed by atoms with van der Waals surface area (Å²) in [7, 11) is 1.45. The molecule has 5 aliphatic heterocycles. The normalized spacial score (nSPS) is 39.4. The van der Waals surface area contributed by atoms with Gasteiger partial charge >= 0.3 is 17.9 Å². The highest BCUT2D eigenvalue weighted by Crippen LogP contribution is 2.45. The van der Waals surface area contributed by atoms with Gasteiger partial charge in [-0.3, -0.25) is 33.6 Å². The first-order valence-electron chi connectivity index (χ1n) is 43.6. The van der Waals surface area contributed by atoms with Crippen LogP contribution in [0.3, 0.4) is 0 Å². The fourth-order valence-corrected chi connectivity index (χ4v) is 18.1. The van der Waals surface area contributed by atoms with E-state index in [1.165, 1.54) is 55.6 Å². The van der Waals surface area contributed by atoms with Crippen molar-refractivity contribution in [1.29, 1.82) is 0 Å². The molecule has 5 fully saturated rings. The van der Waals surface area contributed by atoms with Crippen molar-refractivity contribution in [2.75, 3.05) is 33.5 Å². The number of carbonyl (C=O) groups excluding carboxylic acids is 9. The van der Waals surface area contributed by atoms with Crippen LogP contribution in [-0.2, 0) is 104 Å². The van der Waals surface area contributed by atoms with Crippen molar-refractivity contribution in [2.45, 2.75) is 313 Å². The third kappa shape index (κ3) is 25.0. The quantitative estimate of drug-likeness (QED) is 0.0599. The zero-order chi connectivity index (χ0) is 94.4. The number of cyclic esters (lactones) is 3. The summed E-state index contributed by atoms with van der Waals surface area (Å²) in [4.78, 5) is 142. The highest BCUT2D eigenvalue weighted by Gasteiger charge is 2.58. The summed E-state index contributed by atoms with van der Waals surface area (Å²) in [5.74, 6) is -14.8. The zero-order valence-corrected chi connectivity index (χ0v) is 78.2. The van der Waals surface area contributed by atoms with Crippen LogP contribution < -0.4 is 0 Å². The van der Waals surface area contributed by atoms with E-state index in [-0.39, 0.29) is 95.1 Å². The third-order valence-corrected chi connectivity index (χ3v) is 27.1. The molecule has 1 aromatic carbocycles. The summed E-state index contributed by atoms with van der Waals surface area (Å²) >= 11 is 0. The molecule has 2 amide bonds. The fourth-order valence-electron chi connectivity index (χ4n) is 18.1. The number of aliphatic hydroxyl groups excluding tert-OH is 1. The zero-order valence-electron chi connectivity index (χ0n) is 78.2. The predicted molar refractivity (Wildman–Crippen MR) is 463 cm³/mol. The number of esters is 3. The lowest BCUT2D eigenvalue weighted by atomic mass is 9.70. The molecule has 125 heavy (non-hydrogen) atoms. The molecule has 0 unspecified atom stereocenters. The van der Waals surface area contributed by atoms with Crippen molar-refractivity contribution >= 4 is 75.7 Å². The summed E-state index contributed by atoms with van der Waals surface area (Å²) in [6.45, 7) is 41.7. The van der Waals surface area contributed by atoms with Gasteiger partial charge in [-0.05, 0) is 148 Å². The van der Waals surface area contributed by atoms with Gasteiger partial charge in [0.2, 0.25) is 11.8 Å². The van der Waals surface area contributed by atoms with E-state index in [2.05, 4.69) is 30.4 Å². The molecular weight excluding hydrogens is 1620 g/mol. The molecule has 0 radical (unpaired) electrons. The molecular formula is C93H139F2N7O23. The Morgan fingerprint density at radius 1 is 0.520 bits per heavy atom. The highest BCUT2D eigenvalue weighted by atomic mass is 19.1. The molecule has 27 atom stereocenters. The van der Waals surface area contributed by atoms with E-state index in [4.69, 9.17) is 47.6 Å². The maximum Gasteiger partial charge on any atom is 0.351 e. The number of methoxy groups -OCH3 is 1. The molecule has 0 spiro atoms. The molecule has 0 aliphatic carbocycles. The maximum absolute atomic E-state index is 16.1. The van der Waals surface area contributed by atoms with Crippen molar-refractivity contribution in [3.63, 3.8) is 0 Å². The number of hydrogen-bond acceptors (Lipinski definition) is 27. The van der Waals surface area contributed by atoms with Gasteiger partial charge < -0.3 is 68.0 Å². The topological polar surface area (TPSA) is 407 Å². The summed E-state index contributed by atoms with van der Waals surface area (Å²) < 4.78 is 81.5. The van der Waals surface area contributed by atoms with Crippen molar-refractivity contribution in [3.8, 4) is 5.82 Å². The van der Waals surface area contributed by atoms with Gasteiger partial charge in [0.15, 0.2) is 17.4 Å². The van der Waals surface area contributed by atoms with E-state index in [0.29, 0.717) is 35.1 Å². The number of hydrogen-bond donors (Lipinski definition) is 4. The summed E-state index contributed by atoms with van der Waals surface area (Å²) in [5.41, 5.74) is -11.2. The number of amides is 2. The van der Waals surface area contributed by atoms with Crippen molar-refractivity contribution in [3.05, 3.63) is 78.2 Å². The number of fused-ring (bicyclic) bond motifs is 10. The molecule has 698 valence electrons. The minimum Gasteiger partial charge on any atom is -0.459 e. The molecule has 5 aliphatic rings. The molecule has 30 nitrogen and oxygen atoms in total. The van der Waals surface area contributed by atoms with Crippen LogP contribution in [-0.4, -0.2) is 226 Å². The van der Waals surface area contributed by atoms with Gasteiger partial charge in [0.05, 0.1) is 61.5 Å². The fraction of sp³-hybridized carbons (Fsp3) is 0.710. The predicted octanol–water partition coefficient (Wildman–Crippen LogP) is 12.2. The van der Waals surface area contributed by atoms with Crippen molar-refractivity contribution in [1.82, 2.24) is 14.8 Å². The van der Waals surface area contributed by atoms with Gasteiger partial charge in [-0.1, -0.05) is 151 Å². The number of ether oxygens (including phenoxy) is 8. The van der Waals surface area contributed by atoms with E-state index in [1.807, 2.05) is 90.1 Å². The van der Waals surface area contributed by atoms with Gasteiger partial charge in [0, 0.05) is 98.0 Å². The van der Waals surface area contributed by atoms with Crippen LogP contribution >= 0.6 is 0 Å². The van der Waals surface area contributed by atoms with Gasteiger partial charge in [0.1, 0.15) is 77.2 Å². The van der Waals surface area contributed by atoms with E-state index < -0.39 is 188 Å². The first kappa shape index (κ1) is 106. The summed E-state index contributed by atoms with van der Waals surface area (Å²) in [6.07, 6.45) is -0.914. The van der Waals surface area contributed by atoms with Crippen LogP contribution in [0.25, 0.3) is 5.82 Å². The van der Waals surface area contributed by atoms with E-state index in [1.54, 1.807) is 99.4 Å². The number of alkyl halides is 2. The Hall–Kier alpha value is -8.21. The summed E-state index contributed by atoms with van der Waals surface area (Å²) in [5, 5.41) is 59.0. The molecule has 5 saturated heterocycles. The average molecular weight is 1760 g/mol. The average Bonchev–Trinajstić information content (AvgIpc) is 1.68. The Balaban J connectivity index is 0.000000297. The van der Waals surface area contributed by atoms with E-state index >= 15 is 8.78 Å². The summed E-state index contributed by atoms with van der Waals surface area (Å²) in [6, 6.07) is 15.0. The number of ketones is 4.